The topological polar surface area (TPSA) is 75.7 Å². The summed E-state index contributed by atoms with van der Waals surface area (Å²) < 4.78 is 33.5. The summed E-state index contributed by atoms with van der Waals surface area (Å²) >= 11 is 0. The number of para-hydroxylation sites is 1. The number of ether oxygens (including phenoxy) is 1. The molecule has 0 aromatic heterocycles. The van der Waals surface area contributed by atoms with Crippen LogP contribution >= 0.6 is 0 Å². The number of aryl methyl sites for hydroxylation is 1. The van der Waals surface area contributed by atoms with E-state index in [1.807, 2.05) is 50.2 Å². The highest BCUT2D eigenvalue weighted by Gasteiger charge is 2.29. The first-order chi connectivity index (χ1) is 15.9. The maximum absolute atomic E-state index is 13.6. The van der Waals surface area contributed by atoms with E-state index < -0.39 is 10.0 Å². The molecule has 0 radical (unpaired) electrons. The Balaban J connectivity index is 1.91. The zero-order valence-corrected chi connectivity index (χ0v) is 20.0. The van der Waals surface area contributed by atoms with Crippen LogP contribution in [0.5, 0.6) is 5.75 Å². The fourth-order valence-corrected chi connectivity index (χ4v) is 5.18. The number of hydrogen-bond donors (Lipinski definition) is 1. The molecule has 1 amide bonds. The van der Waals surface area contributed by atoms with Crippen LogP contribution in [0.3, 0.4) is 0 Å². The minimum absolute atomic E-state index is 0.144. The molecule has 0 saturated carbocycles. The molecule has 174 valence electrons. The van der Waals surface area contributed by atoms with Gasteiger partial charge in [0.25, 0.3) is 10.0 Å². The predicted molar refractivity (Wildman–Crippen MR) is 131 cm³/mol. The number of hydrogen-bond acceptors (Lipinski definition) is 4. The summed E-state index contributed by atoms with van der Waals surface area (Å²) in [5, 5.41) is 3.00. The molecule has 0 saturated heterocycles. The number of sulfonamides is 1. The zero-order chi connectivity index (χ0) is 23.8. The number of anilines is 1. The number of methoxy groups -OCH3 is 1. The molecule has 3 aromatic carbocycles. The van der Waals surface area contributed by atoms with Crippen LogP contribution in [0.25, 0.3) is 0 Å². The third-order valence-corrected chi connectivity index (χ3v) is 7.30. The van der Waals surface area contributed by atoms with Gasteiger partial charge in [0.15, 0.2) is 0 Å². The van der Waals surface area contributed by atoms with Gasteiger partial charge >= 0.3 is 0 Å². The van der Waals surface area contributed by atoms with E-state index >= 15 is 0 Å². The first-order valence-electron chi connectivity index (χ1n) is 11.0. The molecule has 0 heterocycles. The van der Waals surface area contributed by atoms with Crippen molar-refractivity contribution >= 4 is 21.6 Å². The van der Waals surface area contributed by atoms with Crippen molar-refractivity contribution < 1.29 is 17.9 Å². The maximum atomic E-state index is 13.6. The molecule has 0 aliphatic rings. The smallest absolute Gasteiger partial charge is 0.264 e. The van der Waals surface area contributed by atoms with Crippen molar-refractivity contribution in [2.75, 3.05) is 18.0 Å². The zero-order valence-electron chi connectivity index (χ0n) is 19.2. The average Bonchev–Trinajstić information content (AvgIpc) is 2.86. The first kappa shape index (κ1) is 24.3. The van der Waals surface area contributed by atoms with Crippen LogP contribution < -0.4 is 14.4 Å². The maximum Gasteiger partial charge on any atom is 0.264 e. The standard InChI is InChI=1S/C26H30N2O4S/c1-4-20-11-9-10-14-25(20)28(33(30,31)23-12-7-6-8-13-23)19-26(29)27-24(5-2)21-15-17-22(32-3)18-16-21/h6-18,24H,4-5,19H2,1-3H3,(H,27,29)/t24-/m0/s1. The van der Waals surface area contributed by atoms with Crippen LogP contribution in [0.2, 0.25) is 0 Å². The van der Waals surface area contributed by atoms with Crippen molar-refractivity contribution in [3.8, 4) is 5.75 Å². The Morgan fingerprint density at radius 3 is 2.18 bits per heavy atom. The van der Waals surface area contributed by atoms with Crippen LogP contribution in [0.1, 0.15) is 37.4 Å². The Morgan fingerprint density at radius 2 is 1.58 bits per heavy atom. The molecule has 0 fully saturated rings. The Hall–Kier alpha value is -3.32. The molecule has 3 aromatic rings. The van der Waals surface area contributed by atoms with Gasteiger partial charge in [-0.2, -0.15) is 0 Å². The van der Waals surface area contributed by atoms with Gasteiger partial charge in [-0.05, 0) is 54.3 Å². The summed E-state index contributed by atoms with van der Waals surface area (Å²) in [7, 11) is -2.34. The van der Waals surface area contributed by atoms with Crippen molar-refractivity contribution in [1.29, 1.82) is 0 Å². The molecule has 33 heavy (non-hydrogen) atoms. The average molecular weight is 467 g/mol. The van der Waals surface area contributed by atoms with E-state index in [-0.39, 0.29) is 23.4 Å². The highest BCUT2D eigenvalue weighted by atomic mass is 32.2. The summed E-state index contributed by atoms with van der Waals surface area (Å²) in [4.78, 5) is 13.3. The van der Waals surface area contributed by atoms with Gasteiger partial charge in [0, 0.05) is 0 Å². The van der Waals surface area contributed by atoms with Crippen LogP contribution in [-0.2, 0) is 21.2 Å². The molecule has 6 nitrogen and oxygen atoms in total. The molecule has 0 aliphatic heterocycles. The van der Waals surface area contributed by atoms with Gasteiger partial charge in [0.1, 0.15) is 12.3 Å². The molecule has 7 heteroatoms. The Morgan fingerprint density at radius 1 is 0.939 bits per heavy atom. The highest BCUT2D eigenvalue weighted by molar-refractivity contribution is 7.92. The second-order valence-corrected chi connectivity index (χ2v) is 9.47. The molecule has 3 rings (SSSR count). The molecule has 1 N–H and O–H groups in total. The minimum Gasteiger partial charge on any atom is -0.497 e. The van der Waals surface area contributed by atoms with Crippen molar-refractivity contribution in [2.45, 2.75) is 37.6 Å². The van der Waals surface area contributed by atoms with Crippen molar-refractivity contribution in [3.05, 3.63) is 90.0 Å². The van der Waals surface area contributed by atoms with Crippen LogP contribution in [0.15, 0.2) is 83.8 Å². The van der Waals surface area contributed by atoms with Crippen LogP contribution in [0.4, 0.5) is 5.69 Å². The van der Waals surface area contributed by atoms with Crippen LogP contribution in [-0.4, -0.2) is 28.0 Å². The molecular weight excluding hydrogens is 436 g/mol. The van der Waals surface area contributed by atoms with Crippen molar-refractivity contribution in [1.82, 2.24) is 5.32 Å². The lowest BCUT2D eigenvalue weighted by atomic mass is 10.0. The predicted octanol–water partition coefficient (Wildman–Crippen LogP) is 4.72. The van der Waals surface area contributed by atoms with Gasteiger partial charge in [-0.25, -0.2) is 8.42 Å². The highest BCUT2D eigenvalue weighted by Crippen LogP contribution is 2.28. The lowest BCUT2D eigenvalue weighted by molar-refractivity contribution is -0.120. The van der Waals surface area contributed by atoms with Gasteiger partial charge in [0.2, 0.25) is 5.91 Å². The molecule has 0 aliphatic carbocycles. The van der Waals surface area contributed by atoms with Crippen LogP contribution in [0, 0.1) is 0 Å². The molecule has 0 spiro atoms. The second-order valence-electron chi connectivity index (χ2n) is 7.61. The van der Waals surface area contributed by atoms with Crippen molar-refractivity contribution in [2.24, 2.45) is 0 Å². The largest absolute Gasteiger partial charge is 0.497 e. The number of amides is 1. The SMILES string of the molecule is CCc1ccccc1N(CC(=O)N[C@@H](CC)c1ccc(OC)cc1)S(=O)(=O)c1ccccc1. The summed E-state index contributed by atoms with van der Waals surface area (Å²) in [6.07, 6.45) is 1.30. The van der Waals surface area contributed by atoms with E-state index in [4.69, 9.17) is 4.74 Å². The number of nitrogens with zero attached hydrogens (tertiary/aromatic N) is 1. The van der Waals surface area contributed by atoms with E-state index in [1.165, 1.54) is 4.31 Å². The molecule has 0 bridgehead atoms. The number of carbonyl (C=O) groups is 1. The summed E-state index contributed by atoms with van der Waals surface area (Å²) in [5.74, 6) is 0.360. The number of rotatable bonds is 10. The number of benzene rings is 3. The van der Waals surface area contributed by atoms with Crippen molar-refractivity contribution in [3.63, 3.8) is 0 Å². The van der Waals surface area contributed by atoms with E-state index in [0.29, 0.717) is 18.5 Å². The van der Waals surface area contributed by atoms with Gasteiger partial charge in [-0.3, -0.25) is 9.10 Å². The third-order valence-electron chi connectivity index (χ3n) is 5.52. The van der Waals surface area contributed by atoms with E-state index in [0.717, 1.165) is 16.9 Å². The minimum atomic E-state index is -3.94. The van der Waals surface area contributed by atoms with Gasteiger partial charge in [-0.15, -0.1) is 0 Å². The Kier molecular flexibility index (Phi) is 8.11. The summed E-state index contributed by atoms with van der Waals surface area (Å²) in [6.45, 7) is 3.62. The number of nitrogens with one attached hydrogen (secondary N) is 1. The molecule has 0 unspecified atom stereocenters. The Labute approximate surface area is 196 Å². The summed E-state index contributed by atoms with van der Waals surface area (Å²) in [5.41, 5.74) is 2.29. The fraction of sp³-hybridized carbons (Fsp3) is 0.269. The molecular formula is C26H30N2O4S. The quantitative estimate of drug-likeness (QED) is 0.469. The fourth-order valence-electron chi connectivity index (χ4n) is 3.70. The lowest BCUT2D eigenvalue weighted by Crippen LogP contribution is -2.42. The second kappa shape index (κ2) is 11.0. The Bertz CT molecular complexity index is 1160. The lowest BCUT2D eigenvalue weighted by Gasteiger charge is -2.27. The van der Waals surface area contributed by atoms with Gasteiger partial charge < -0.3 is 10.1 Å². The first-order valence-corrected chi connectivity index (χ1v) is 12.4. The molecule has 1 atom stereocenters. The van der Waals surface area contributed by atoms with Gasteiger partial charge in [0.05, 0.1) is 23.7 Å². The normalized spacial score (nSPS) is 12.1. The van der Waals surface area contributed by atoms with E-state index in [9.17, 15) is 13.2 Å². The van der Waals surface area contributed by atoms with E-state index in [2.05, 4.69) is 5.32 Å². The van der Waals surface area contributed by atoms with Gasteiger partial charge in [-0.1, -0.05) is 62.4 Å². The summed E-state index contributed by atoms with van der Waals surface area (Å²) in [6, 6.07) is 22.7. The van der Waals surface area contributed by atoms with E-state index in [1.54, 1.807) is 49.6 Å². The third kappa shape index (κ3) is 5.73. The monoisotopic (exact) mass is 466 g/mol. The number of carbonyl (C=O) groups excluding carboxylic acids is 1.